The number of esters is 3. The molecule has 0 aromatic heterocycles. The van der Waals surface area contributed by atoms with Crippen molar-refractivity contribution in [2.24, 2.45) is 0 Å². The van der Waals surface area contributed by atoms with Gasteiger partial charge in [-0.05, 0) is 148 Å². The maximum Gasteiger partial charge on any atom is 0.306 e. The van der Waals surface area contributed by atoms with E-state index in [0.29, 0.717) is 19.3 Å². The lowest BCUT2D eigenvalue weighted by molar-refractivity contribution is -0.166. The molecule has 438 valence electrons. The second-order valence-electron chi connectivity index (χ2n) is 19.5. The summed E-state index contributed by atoms with van der Waals surface area (Å²) >= 11 is 0. The third-order valence-corrected chi connectivity index (χ3v) is 12.1. The molecular formula is C73H110O6. The minimum atomic E-state index is -0.842. The van der Waals surface area contributed by atoms with E-state index in [9.17, 15) is 14.4 Å². The Morgan fingerprint density at radius 1 is 0.253 bits per heavy atom. The molecule has 0 spiro atoms. The first kappa shape index (κ1) is 73.2. The van der Waals surface area contributed by atoms with Crippen molar-refractivity contribution in [2.75, 3.05) is 13.2 Å². The maximum atomic E-state index is 12.9. The lowest BCUT2D eigenvalue weighted by Gasteiger charge is -2.18. The van der Waals surface area contributed by atoms with Gasteiger partial charge in [-0.1, -0.05) is 254 Å². The Hall–Kier alpha value is -5.75. The summed E-state index contributed by atoms with van der Waals surface area (Å²) in [5.41, 5.74) is 0. The Balaban J connectivity index is 4.48. The Kier molecular flexibility index (Phi) is 60.1. The van der Waals surface area contributed by atoms with Gasteiger partial charge >= 0.3 is 17.9 Å². The van der Waals surface area contributed by atoms with Gasteiger partial charge in [0.15, 0.2) is 6.10 Å². The van der Waals surface area contributed by atoms with Crippen molar-refractivity contribution >= 4 is 17.9 Å². The molecule has 0 fully saturated rings. The van der Waals surface area contributed by atoms with E-state index in [1.165, 1.54) is 19.3 Å². The van der Waals surface area contributed by atoms with Crippen LogP contribution in [0.2, 0.25) is 0 Å². The van der Waals surface area contributed by atoms with Crippen molar-refractivity contribution in [2.45, 2.75) is 232 Å². The summed E-state index contributed by atoms with van der Waals surface area (Å²) in [6.45, 7) is 6.17. The van der Waals surface area contributed by atoms with Crippen LogP contribution in [0.25, 0.3) is 0 Å². The minimum Gasteiger partial charge on any atom is -0.462 e. The van der Waals surface area contributed by atoms with E-state index < -0.39 is 6.10 Å². The van der Waals surface area contributed by atoms with Crippen LogP contribution in [0.1, 0.15) is 226 Å². The molecule has 6 heteroatoms. The fourth-order valence-corrected chi connectivity index (χ4v) is 7.58. The summed E-state index contributed by atoms with van der Waals surface area (Å²) in [7, 11) is 0. The fraction of sp³-hybridized carbons (Fsp3) is 0.521. The number of allylic oxidation sites excluding steroid dienone is 32. The van der Waals surface area contributed by atoms with Crippen molar-refractivity contribution in [3.05, 3.63) is 194 Å². The van der Waals surface area contributed by atoms with Gasteiger partial charge in [-0.25, -0.2) is 0 Å². The summed E-state index contributed by atoms with van der Waals surface area (Å²) in [5, 5.41) is 0. The van der Waals surface area contributed by atoms with E-state index in [-0.39, 0.29) is 44.0 Å². The number of carbonyl (C=O) groups excluding carboxylic acids is 3. The molecule has 0 aromatic rings. The van der Waals surface area contributed by atoms with Crippen LogP contribution in [0, 0.1) is 0 Å². The van der Waals surface area contributed by atoms with Gasteiger partial charge in [-0.15, -0.1) is 0 Å². The number of rotatable bonds is 53. The van der Waals surface area contributed by atoms with Crippen molar-refractivity contribution in [1.29, 1.82) is 0 Å². The van der Waals surface area contributed by atoms with Crippen LogP contribution in [0.5, 0.6) is 0 Å². The summed E-state index contributed by atoms with van der Waals surface area (Å²) in [6, 6.07) is 0. The molecule has 6 nitrogen and oxygen atoms in total. The largest absolute Gasteiger partial charge is 0.462 e. The summed E-state index contributed by atoms with van der Waals surface area (Å²) in [6.07, 6.45) is 98.7. The van der Waals surface area contributed by atoms with Crippen LogP contribution >= 0.6 is 0 Å². The first-order valence-corrected chi connectivity index (χ1v) is 30.9. The first-order valence-electron chi connectivity index (χ1n) is 30.9. The molecule has 0 heterocycles. The van der Waals surface area contributed by atoms with Crippen molar-refractivity contribution < 1.29 is 28.6 Å². The average molecular weight is 1080 g/mol. The smallest absolute Gasteiger partial charge is 0.306 e. The predicted octanol–water partition coefficient (Wildman–Crippen LogP) is 21.4. The molecule has 0 rings (SSSR count). The lowest BCUT2D eigenvalue weighted by Crippen LogP contribution is -2.30. The molecule has 0 aliphatic carbocycles. The van der Waals surface area contributed by atoms with E-state index in [2.05, 4.69) is 203 Å². The molecule has 0 saturated heterocycles. The highest BCUT2D eigenvalue weighted by atomic mass is 16.6. The Morgan fingerprint density at radius 2 is 0.481 bits per heavy atom. The number of hydrogen-bond donors (Lipinski definition) is 0. The van der Waals surface area contributed by atoms with Crippen molar-refractivity contribution in [1.82, 2.24) is 0 Å². The Bertz CT molecular complexity index is 1920. The van der Waals surface area contributed by atoms with Gasteiger partial charge in [0.2, 0.25) is 0 Å². The van der Waals surface area contributed by atoms with Gasteiger partial charge in [0.05, 0.1) is 0 Å². The quantitative estimate of drug-likeness (QED) is 0.0261. The second-order valence-corrected chi connectivity index (χ2v) is 19.5. The van der Waals surface area contributed by atoms with Gasteiger partial charge in [0.1, 0.15) is 13.2 Å². The highest BCUT2D eigenvalue weighted by Crippen LogP contribution is 2.13. The third-order valence-electron chi connectivity index (χ3n) is 12.1. The molecule has 0 N–H and O–H groups in total. The maximum absolute atomic E-state index is 12.9. The molecule has 0 aromatic carbocycles. The van der Waals surface area contributed by atoms with Gasteiger partial charge < -0.3 is 14.2 Å². The van der Waals surface area contributed by atoms with Crippen LogP contribution < -0.4 is 0 Å². The number of hydrogen-bond acceptors (Lipinski definition) is 6. The SMILES string of the molecule is CC/C=C\C/C=C\C/C=C\C/C=C\C/C=C\C/C=C\C/C=C\CCCCCCCCCC(=O)OCC(COC(=O)CC/C=C\C/C=C\C/C=C\C/C=C\CC)OC(=O)CCCCC/C=C\C/C=C\C/C=C\C/C=C\C/C=C\CC. The molecule has 0 aliphatic rings. The number of carbonyl (C=O) groups is 3. The zero-order chi connectivity index (χ0) is 57.1. The highest BCUT2D eigenvalue weighted by Gasteiger charge is 2.19. The van der Waals surface area contributed by atoms with Crippen LogP contribution in [0.4, 0.5) is 0 Å². The molecule has 1 atom stereocenters. The van der Waals surface area contributed by atoms with E-state index >= 15 is 0 Å². The summed E-state index contributed by atoms with van der Waals surface area (Å²) < 4.78 is 16.8. The average Bonchev–Trinajstić information content (AvgIpc) is 3.45. The molecule has 0 saturated carbocycles. The number of ether oxygens (including phenoxy) is 3. The Labute approximate surface area is 484 Å². The Morgan fingerprint density at radius 3 is 0.797 bits per heavy atom. The van der Waals surface area contributed by atoms with E-state index in [4.69, 9.17) is 14.2 Å². The standard InChI is InChI=1S/C73H110O6/c1-4-7-10-13-16-19-22-25-27-29-31-32-33-34-35-36-37-38-39-40-42-43-45-48-51-54-57-60-63-66-72(75)78-69-70(68-77-71(74)65-62-59-56-53-50-47-24-21-18-15-12-9-6-3)79-73(76)67-64-61-58-55-52-49-46-44-41-30-28-26-23-20-17-14-11-8-5-2/h7-12,16-21,25-28,31-32,34-35,37-38,40-42,44,47,49-50,52,56,59,70H,4-6,13-15,22-24,29-30,33,36,39,43,45-46,48,51,53-55,57-58,60-69H2,1-3H3/b10-7-,11-8-,12-9-,19-16-,20-17-,21-18-,27-25-,28-26-,32-31-,35-34-,38-37-,42-40-,44-41-,50-47-,52-49-,59-56-. The molecule has 0 radical (unpaired) electrons. The lowest BCUT2D eigenvalue weighted by atomic mass is 10.1. The van der Waals surface area contributed by atoms with Crippen molar-refractivity contribution in [3.8, 4) is 0 Å². The topological polar surface area (TPSA) is 78.9 Å². The fourth-order valence-electron chi connectivity index (χ4n) is 7.58. The normalized spacial score (nSPS) is 13.5. The van der Waals surface area contributed by atoms with E-state index in [1.807, 2.05) is 12.2 Å². The summed E-state index contributed by atoms with van der Waals surface area (Å²) in [4.78, 5) is 38.2. The zero-order valence-corrected chi connectivity index (χ0v) is 50.0. The van der Waals surface area contributed by atoms with Crippen LogP contribution in [0.15, 0.2) is 194 Å². The van der Waals surface area contributed by atoms with Gasteiger partial charge in [-0.2, -0.15) is 0 Å². The van der Waals surface area contributed by atoms with E-state index in [0.717, 1.165) is 154 Å². The van der Waals surface area contributed by atoms with E-state index in [1.54, 1.807) is 0 Å². The molecule has 1 unspecified atom stereocenters. The predicted molar refractivity (Wildman–Crippen MR) is 343 cm³/mol. The van der Waals surface area contributed by atoms with Gasteiger partial charge in [0, 0.05) is 19.3 Å². The molecular weight excluding hydrogens is 973 g/mol. The molecule has 0 bridgehead atoms. The monoisotopic (exact) mass is 1080 g/mol. The second kappa shape index (κ2) is 64.8. The van der Waals surface area contributed by atoms with Crippen LogP contribution in [-0.4, -0.2) is 37.2 Å². The highest BCUT2D eigenvalue weighted by molar-refractivity contribution is 5.71. The molecule has 0 aliphatic heterocycles. The first-order chi connectivity index (χ1) is 39.0. The zero-order valence-electron chi connectivity index (χ0n) is 50.0. The summed E-state index contributed by atoms with van der Waals surface area (Å²) in [5.74, 6) is -1.07. The van der Waals surface area contributed by atoms with Crippen LogP contribution in [0.3, 0.4) is 0 Å². The van der Waals surface area contributed by atoms with Crippen LogP contribution in [-0.2, 0) is 28.6 Å². The molecule has 0 amide bonds. The number of unbranched alkanes of at least 4 members (excludes halogenated alkanes) is 10. The third kappa shape index (κ3) is 63.0. The van der Waals surface area contributed by atoms with Crippen molar-refractivity contribution in [3.63, 3.8) is 0 Å². The minimum absolute atomic E-state index is 0.130. The van der Waals surface area contributed by atoms with Gasteiger partial charge in [-0.3, -0.25) is 14.4 Å². The molecule has 79 heavy (non-hydrogen) atoms. The van der Waals surface area contributed by atoms with Gasteiger partial charge in [0.25, 0.3) is 0 Å².